The van der Waals surface area contributed by atoms with Crippen molar-refractivity contribution in [2.24, 2.45) is 0 Å². The Labute approximate surface area is 161 Å². The van der Waals surface area contributed by atoms with Crippen LogP contribution in [0.4, 0.5) is 5.69 Å². The number of carbonyl (C=O) groups excluding carboxylic acids is 2. The lowest BCUT2D eigenvalue weighted by molar-refractivity contribution is -0.264. The second-order valence-corrected chi connectivity index (χ2v) is 6.74. The number of benzene rings is 2. The topological polar surface area (TPSA) is 89.8 Å². The zero-order valence-electron chi connectivity index (χ0n) is 15.5. The predicted molar refractivity (Wildman–Crippen MR) is 103 cm³/mol. The van der Waals surface area contributed by atoms with Crippen LogP contribution in [0.25, 0.3) is 10.9 Å². The molecule has 4 rings (SSSR count). The molecule has 1 unspecified atom stereocenters. The number of aromatic nitrogens is 1. The van der Waals surface area contributed by atoms with Gasteiger partial charge in [0.25, 0.3) is 0 Å². The summed E-state index contributed by atoms with van der Waals surface area (Å²) in [4.78, 5) is 23.9. The van der Waals surface area contributed by atoms with Gasteiger partial charge in [0.2, 0.25) is 0 Å². The van der Waals surface area contributed by atoms with Gasteiger partial charge in [-0.3, -0.25) is 4.57 Å². The van der Waals surface area contributed by atoms with E-state index in [0.717, 1.165) is 22.3 Å². The van der Waals surface area contributed by atoms with Crippen molar-refractivity contribution in [3.05, 3.63) is 65.9 Å². The lowest BCUT2D eigenvalue weighted by Gasteiger charge is -2.33. The van der Waals surface area contributed by atoms with Crippen LogP contribution in [0, 0.1) is 13.8 Å². The maximum absolute atomic E-state index is 12.0. The molecule has 2 heterocycles. The number of aryl methyl sites for hydroxylation is 1. The summed E-state index contributed by atoms with van der Waals surface area (Å²) >= 11 is 0. The summed E-state index contributed by atoms with van der Waals surface area (Å²) in [5.41, 5.74) is 3.14. The van der Waals surface area contributed by atoms with E-state index in [1.54, 1.807) is 4.57 Å². The standard InChI is InChI=1S/C21H20N2O5/c1-13-14(2)23(17-11-7-6-10-16(13)17)21(27-19(25)20(26)28-21)18(24)12-22-15-8-4-3-5-9-15/h3-11,18,22,24H,12H2,1-2H3. The van der Waals surface area contributed by atoms with Crippen molar-refractivity contribution >= 4 is 28.5 Å². The molecule has 0 radical (unpaired) electrons. The number of aliphatic hydroxyl groups is 1. The van der Waals surface area contributed by atoms with Gasteiger partial charge in [0.05, 0.1) is 12.1 Å². The first kappa shape index (κ1) is 18.1. The van der Waals surface area contributed by atoms with Gasteiger partial charge in [-0.05, 0) is 37.6 Å². The van der Waals surface area contributed by atoms with Crippen LogP contribution in [0.1, 0.15) is 11.3 Å². The average molecular weight is 380 g/mol. The third-order valence-electron chi connectivity index (χ3n) is 5.08. The zero-order valence-corrected chi connectivity index (χ0v) is 15.5. The second-order valence-electron chi connectivity index (χ2n) is 6.74. The molecule has 28 heavy (non-hydrogen) atoms. The van der Waals surface area contributed by atoms with Gasteiger partial charge >= 0.3 is 17.8 Å². The number of cyclic esters (lactones) is 2. The first-order chi connectivity index (χ1) is 13.4. The summed E-state index contributed by atoms with van der Waals surface area (Å²) in [5.74, 6) is -4.24. The van der Waals surface area contributed by atoms with Gasteiger partial charge < -0.3 is 19.9 Å². The molecule has 1 aromatic heterocycles. The molecular weight excluding hydrogens is 360 g/mol. The van der Waals surface area contributed by atoms with Crippen molar-refractivity contribution in [2.75, 3.05) is 11.9 Å². The first-order valence-corrected chi connectivity index (χ1v) is 8.94. The van der Waals surface area contributed by atoms with E-state index >= 15 is 0 Å². The molecule has 2 aromatic carbocycles. The molecule has 144 valence electrons. The minimum atomic E-state index is -1.98. The lowest BCUT2D eigenvalue weighted by Crippen LogP contribution is -2.50. The van der Waals surface area contributed by atoms with E-state index in [0.29, 0.717) is 5.52 Å². The van der Waals surface area contributed by atoms with Crippen molar-refractivity contribution in [1.82, 2.24) is 4.57 Å². The third-order valence-corrected chi connectivity index (χ3v) is 5.08. The molecular formula is C21H20N2O5. The van der Waals surface area contributed by atoms with E-state index < -0.39 is 24.0 Å². The zero-order chi connectivity index (χ0) is 19.9. The quantitative estimate of drug-likeness (QED) is 0.522. The molecule has 1 atom stereocenters. The monoisotopic (exact) mass is 380 g/mol. The number of para-hydroxylation sites is 2. The predicted octanol–water partition coefficient (Wildman–Crippen LogP) is 2.44. The van der Waals surface area contributed by atoms with Gasteiger partial charge in [-0.25, -0.2) is 9.59 Å². The van der Waals surface area contributed by atoms with E-state index in [-0.39, 0.29) is 6.54 Å². The Morgan fingerprint density at radius 3 is 2.29 bits per heavy atom. The molecule has 7 nitrogen and oxygen atoms in total. The number of carbonyl (C=O) groups is 2. The Bertz CT molecular complexity index is 1040. The van der Waals surface area contributed by atoms with Gasteiger partial charge in [0.15, 0.2) is 6.10 Å². The van der Waals surface area contributed by atoms with Crippen molar-refractivity contribution in [1.29, 1.82) is 0 Å². The molecule has 1 aliphatic heterocycles. The smallest absolute Gasteiger partial charge is 0.392 e. The minimum absolute atomic E-state index is 0.00440. The summed E-state index contributed by atoms with van der Waals surface area (Å²) < 4.78 is 12.3. The van der Waals surface area contributed by atoms with E-state index in [2.05, 4.69) is 5.32 Å². The summed E-state index contributed by atoms with van der Waals surface area (Å²) in [7, 11) is 0. The number of esters is 2. The molecule has 0 aliphatic carbocycles. The summed E-state index contributed by atoms with van der Waals surface area (Å²) in [6.07, 6.45) is -1.35. The number of hydrogen-bond acceptors (Lipinski definition) is 6. The van der Waals surface area contributed by atoms with E-state index in [4.69, 9.17) is 9.47 Å². The fraction of sp³-hybridized carbons (Fsp3) is 0.238. The number of anilines is 1. The largest absolute Gasteiger partial charge is 0.422 e. The molecule has 1 aliphatic rings. The maximum atomic E-state index is 12.0. The molecule has 0 saturated carbocycles. The molecule has 0 spiro atoms. The lowest BCUT2D eigenvalue weighted by atomic mass is 10.2. The molecule has 0 amide bonds. The van der Waals surface area contributed by atoms with Gasteiger partial charge in [-0.1, -0.05) is 36.4 Å². The van der Waals surface area contributed by atoms with Gasteiger partial charge in [0.1, 0.15) is 0 Å². The van der Waals surface area contributed by atoms with Crippen LogP contribution >= 0.6 is 0 Å². The van der Waals surface area contributed by atoms with Crippen LogP contribution in [-0.4, -0.2) is 34.3 Å². The van der Waals surface area contributed by atoms with E-state index in [1.807, 2.05) is 68.4 Å². The van der Waals surface area contributed by atoms with Crippen LogP contribution in [0.3, 0.4) is 0 Å². The SMILES string of the molecule is Cc1c(C)n(C2(C(O)CNc3ccccc3)OC(=O)C(=O)O2)c2ccccc12. The van der Waals surface area contributed by atoms with Crippen molar-refractivity contribution in [2.45, 2.75) is 25.9 Å². The Morgan fingerprint density at radius 1 is 1.00 bits per heavy atom. The summed E-state index contributed by atoms with van der Waals surface area (Å²) in [6, 6.07) is 16.7. The van der Waals surface area contributed by atoms with Gasteiger partial charge in [0, 0.05) is 16.8 Å². The Kier molecular flexibility index (Phi) is 4.31. The molecule has 1 fully saturated rings. The van der Waals surface area contributed by atoms with Crippen LogP contribution in [0.15, 0.2) is 54.6 Å². The number of fused-ring (bicyclic) bond motifs is 1. The van der Waals surface area contributed by atoms with Crippen LogP contribution in [-0.2, 0) is 25.0 Å². The van der Waals surface area contributed by atoms with Crippen LogP contribution in [0.2, 0.25) is 0 Å². The Balaban J connectivity index is 1.79. The molecule has 7 heteroatoms. The van der Waals surface area contributed by atoms with Gasteiger partial charge in [-0.2, -0.15) is 0 Å². The van der Waals surface area contributed by atoms with Gasteiger partial charge in [-0.15, -0.1) is 0 Å². The fourth-order valence-electron chi connectivity index (χ4n) is 3.58. The van der Waals surface area contributed by atoms with Crippen molar-refractivity contribution < 1.29 is 24.2 Å². The highest BCUT2D eigenvalue weighted by Crippen LogP contribution is 2.38. The second kappa shape index (κ2) is 6.69. The number of rotatable bonds is 5. The Morgan fingerprint density at radius 2 is 1.61 bits per heavy atom. The minimum Gasteiger partial charge on any atom is -0.392 e. The van der Waals surface area contributed by atoms with Crippen LogP contribution in [0.5, 0.6) is 0 Å². The normalized spacial score (nSPS) is 16.7. The van der Waals surface area contributed by atoms with Crippen LogP contribution < -0.4 is 5.32 Å². The summed E-state index contributed by atoms with van der Waals surface area (Å²) in [6.45, 7) is 3.75. The number of nitrogens with zero attached hydrogens (tertiary/aromatic N) is 1. The maximum Gasteiger partial charge on any atom is 0.422 e. The third kappa shape index (κ3) is 2.71. The fourth-order valence-corrected chi connectivity index (χ4v) is 3.58. The highest BCUT2D eigenvalue weighted by Gasteiger charge is 2.57. The molecule has 1 saturated heterocycles. The summed E-state index contributed by atoms with van der Waals surface area (Å²) in [5, 5.41) is 15.0. The number of aliphatic hydroxyl groups excluding tert-OH is 1. The van der Waals surface area contributed by atoms with E-state index in [1.165, 1.54) is 0 Å². The molecule has 2 N–H and O–H groups in total. The number of nitrogens with one attached hydrogen (secondary N) is 1. The van der Waals surface area contributed by atoms with Crippen molar-refractivity contribution in [3.8, 4) is 0 Å². The van der Waals surface area contributed by atoms with E-state index in [9.17, 15) is 14.7 Å². The average Bonchev–Trinajstić information content (AvgIpc) is 3.15. The first-order valence-electron chi connectivity index (χ1n) is 8.94. The number of ether oxygens (including phenoxy) is 2. The molecule has 3 aromatic rings. The van der Waals surface area contributed by atoms with Crippen molar-refractivity contribution in [3.63, 3.8) is 0 Å². The number of hydrogen-bond donors (Lipinski definition) is 2. The highest BCUT2D eigenvalue weighted by molar-refractivity contribution is 6.31. The Hall–Kier alpha value is -3.32. The molecule has 0 bridgehead atoms. The highest BCUT2D eigenvalue weighted by atomic mass is 16.8.